The Balaban J connectivity index is 2.06. The number of hydrogen-bond donors (Lipinski definition) is 1. The van der Waals surface area contributed by atoms with Crippen LogP contribution in [0.2, 0.25) is 0 Å². The molecule has 0 radical (unpaired) electrons. The average molecular weight is 211 g/mol. The highest BCUT2D eigenvalue weighted by atomic mass is 32.1. The molecule has 0 bridgehead atoms. The van der Waals surface area contributed by atoms with Gasteiger partial charge in [0, 0.05) is 13.1 Å². The highest BCUT2D eigenvalue weighted by Crippen LogP contribution is 2.30. The summed E-state index contributed by atoms with van der Waals surface area (Å²) in [5, 5.41) is 1.90. The molecule has 0 aromatic carbocycles. The molecule has 1 aliphatic rings. The van der Waals surface area contributed by atoms with E-state index in [9.17, 15) is 0 Å². The SMILES string of the molecule is CC1CCN(c2ncc(N)s2)CC1C. The zero-order chi connectivity index (χ0) is 10.1. The minimum absolute atomic E-state index is 0.758. The topological polar surface area (TPSA) is 42.2 Å². The Morgan fingerprint density at radius 3 is 2.86 bits per heavy atom. The number of nitrogens with zero attached hydrogens (tertiary/aromatic N) is 2. The normalized spacial score (nSPS) is 28.0. The van der Waals surface area contributed by atoms with Gasteiger partial charge in [0.1, 0.15) is 5.00 Å². The lowest BCUT2D eigenvalue weighted by Crippen LogP contribution is -2.38. The summed E-state index contributed by atoms with van der Waals surface area (Å²) in [6.07, 6.45) is 3.02. The predicted molar refractivity (Wildman–Crippen MR) is 61.7 cm³/mol. The van der Waals surface area contributed by atoms with Crippen LogP contribution < -0.4 is 10.6 Å². The lowest BCUT2D eigenvalue weighted by Gasteiger charge is -2.34. The third kappa shape index (κ3) is 1.85. The second-order valence-corrected chi connectivity index (χ2v) is 5.28. The molecule has 2 atom stereocenters. The molecule has 14 heavy (non-hydrogen) atoms. The van der Waals surface area contributed by atoms with Crippen molar-refractivity contribution in [3.05, 3.63) is 6.20 Å². The third-order valence-corrected chi connectivity index (χ3v) is 4.00. The van der Waals surface area contributed by atoms with Crippen LogP contribution in [-0.2, 0) is 0 Å². The van der Waals surface area contributed by atoms with Gasteiger partial charge in [0.15, 0.2) is 5.13 Å². The van der Waals surface area contributed by atoms with Crippen molar-refractivity contribution in [1.82, 2.24) is 4.98 Å². The van der Waals surface area contributed by atoms with Gasteiger partial charge in [0.05, 0.1) is 6.20 Å². The molecule has 1 saturated heterocycles. The van der Waals surface area contributed by atoms with E-state index in [4.69, 9.17) is 5.73 Å². The van der Waals surface area contributed by atoms with Gasteiger partial charge in [0.25, 0.3) is 0 Å². The van der Waals surface area contributed by atoms with Crippen LogP contribution in [0.15, 0.2) is 6.20 Å². The van der Waals surface area contributed by atoms with Crippen molar-refractivity contribution in [2.75, 3.05) is 23.7 Å². The highest BCUT2D eigenvalue weighted by Gasteiger charge is 2.24. The molecule has 4 heteroatoms. The Hall–Kier alpha value is -0.770. The fraction of sp³-hybridized carbons (Fsp3) is 0.700. The fourth-order valence-corrected chi connectivity index (χ4v) is 2.58. The van der Waals surface area contributed by atoms with Gasteiger partial charge in [-0.15, -0.1) is 0 Å². The maximum Gasteiger partial charge on any atom is 0.187 e. The van der Waals surface area contributed by atoms with Crippen LogP contribution in [-0.4, -0.2) is 18.1 Å². The molecule has 0 amide bonds. The molecule has 1 aliphatic heterocycles. The van der Waals surface area contributed by atoms with E-state index < -0.39 is 0 Å². The van der Waals surface area contributed by atoms with Crippen LogP contribution in [0.1, 0.15) is 20.3 Å². The molecule has 78 valence electrons. The number of rotatable bonds is 1. The summed E-state index contributed by atoms with van der Waals surface area (Å²) in [7, 11) is 0. The number of anilines is 2. The summed E-state index contributed by atoms with van der Waals surface area (Å²) in [5.74, 6) is 1.59. The Morgan fingerprint density at radius 2 is 2.29 bits per heavy atom. The smallest absolute Gasteiger partial charge is 0.187 e. The van der Waals surface area contributed by atoms with Crippen LogP contribution in [0.3, 0.4) is 0 Å². The average Bonchev–Trinajstić information content (AvgIpc) is 2.57. The fourth-order valence-electron chi connectivity index (χ4n) is 1.86. The molecule has 2 heterocycles. The monoisotopic (exact) mass is 211 g/mol. The first-order chi connectivity index (χ1) is 6.66. The second kappa shape index (κ2) is 3.77. The van der Waals surface area contributed by atoms with Crippen molar-refractivity contribution in [2.45, 2.75) is 20.3 Å². The van der Waals surface area contributed by atoms with Gasteiger partial charge in [-0.2, -0.15) is 0 Å². The summed E-state index contributed by atoms with van der Waals surface area (Å²) >= 11 is 1.59. The van der Waals surface area contributed by atoms with Crippen molar-refractivity contribution < 1.29 is 0 Å². The van der Waals surface area contributed by atoms with Gasteiger partial charge in [-0.25, -0.2) is 4.98 Å². The zero-order valence-corrected chi connectivity index (χ0v) is 9.55. The van der Waals surface area contributed by atoms with Crippen molar-refractivity contribution in [3.8, 4) is 0 Å². The zero-order valence-electron chi connectivity index (χ0n) is 8.73. The van der Waals surface area contributed by atoms with Gasteiger partial charge in [0.2, 0.25) is 0 Å². The summed E-state index contributed by atoms with van der Waals surface area (Å²) in [6, 6.07) is 0. The van der Waals surface area contributed by atoms with Crippen molar-refractivity contribution in [3.63, 3.8) is 0 Å². The van der Waals surface area contributed by atoms with Gasteiger partial charge in [-0.05, 0) is 18.3 Å². The first-order valence-corrected chi connectivity index (χ1v) is 5.94. The van der Waals surface area contributed by atoms with E-state index in [-0.39, 0.29) is 0 Å². The summed E-state index contributed by atoms with van der Waals surface area (Å²) in [4.78, 5) is 6.67. The molecule has 2 N–H and O–H groups in total. The largest absolute Gasteiger partial charge is 0.389 e. The molecule has 1 aromatic heterocycles. The lowest BCUT2D eigenvalue weighted by molar-refractivity contribution is 0.324. The summed E-state index contributed by atoms with van der Waals surface area (Å²) < 4.78 is 0. The molecule has 0 aliphatic carbocycles. The number of nitrogens with two attached hydrogens (primary N) is 1. The number of hydrogen-bond acceptors (Lipinski definition) is 4. The molecule has 1 fully saturated rings. The lowest BCUT2D eigenvalue weighted by atomic mass is 9.89. The molecule has 0 spiro atoms. The first kappa shape index (κ1) is 9.77. The summed E-state index contributed by atoms with van der Waals surface area (Å²) in [5.41, 5.74) is 5.68. The van der Waals surface area contributed by atoms with Crippen LogP contribution in [0.5, 0.6) is 0 Å². The second-order valence-electron chi connectivity index (χ2n) is 4.23. The van der Waals surface area contributed by atoms with Crippen LogP contribution in [0.4, 0.5) is 10.1 Å². The number of piperidine rings is 1. The standard InChI is InChI=1S/C10H17N3S/c1-7-3-4-13(6-8(7)2)10-12-5-9(11)14-10/h5,7-8H,3-4,6,11H2,1-2H3. The van der Waals surface area contributed by atoms with Crippen LogP contribution >= 0.6 is 11.3 Å². The molecule has 2 unspecified atom stereocenters. The maximum absolute atomic E-state index is 5.68. The number of thiazole rings is 1. The molecular weight excluding hydrogens is 194 g/mol. The molecule has 2 rings (SSSR count). The Bertz CT molecular complexity index is 310. The van der Waals surface area contributed by atoms with Crippen LogP contribution in [0, 0.1) is 11.8 Å². The van der Waals surface area contributed by atoms with E-state index in [1.165, 1.54) is 6.42 Å². The van der Waals surface area contributed by atoms with Gasteiger partial charge in [-0.1, -0.05) is 25.2 Å². The van der Waals surface area contributed by atoms with E-state index in [2.05, 4.69) is 23.7 Å². The molecular formula is C10H17N3S. The Morgan fingerprint density at radius 1 is 1.50 bits per heavy atom. The minimum Gasteiger partial charge on any atom is -0.389 e. The third-order valence-electron chi connectivity index (χ3n) is 3.12. The van der Waals surface area contributed by atoms with Crippen molar-refractivity contribution in [2.24, 2.45) is 11.8 Å². The predicted octanol–water partition coefficient (Wildman–Crippen LogP) is 2.21. The van der Waals surface area contributed by atoms with E-state index in [1.807, 2.05) is 0 Å². The van der Waals surface area contributed by atoms with E-state index in [0.29, 0.717) is 0 Å². The van der Waals surface area contributed by atoms with Crippen LogP contribution in [0.25, 0.3) is 0 Å². The molecule has 1 aromatic rings. The highest BCUT2D eigenvalue weighted by molar-refractivity contribution is 7.19. The Kier molecular flexibility index (Phi) is 2.63. The number of nitrogen functional groups attached to an aromatic ring is 1. The maximum atomic E-state index is 5.68. The van der Waals surface area contributed by atoms with E-state index in [1.54, 1.807) is 17.5 Å². The van der Waals surface area contributed by atoms with Crippen molar-refractivity contribution in [1.29, 1.82) is 0 Å². The van der Waals surface area contributed by atoms with Gasteiger partial charge < -0.3 is 10.6 Å². The molecule has 0 saturated carbocycles. The Labute approximate surface area is 88.9 Å². The summed E-state index contributed by atoms with van der Waals surface area (Å²) in [6.45, 7) is 6.89. The molecule has 3 nitrogen and oxygen atoms in total. The van der Waals surface area contributed by atoms with E-state index >= 15 is 0 Å². The number of aromatic nitrogens is 1. The van der Waals surface area contributed by atoms with E-state index in [0.717, 1.165) is 35.1 Å². The van der Waals surface area contributed by atoms with Crippen molar-refractivity contribution >= 4 is 21.5 Å². The quantitative estimate of drug-likeness (QED) is 0.774. The first-order valence-electron chi connectivity index (χ1n) is 5.13. The van der Waals surface area contributed by atoms with Gasteiger partial charge >= 0.3 is 0 Å². The van der Waals surface area contributed by atoms with Gasteiger partial charge in [-0.3, -0.25) is 0 Å². The minimum atomic E-state index is 0.758.